The SMILES string of the molecule is CCCCCCCCOc1ccc(NNc2ccc(N=c3ccc(=O)c4c(O)c5c(=N)ccc(=O)c5c(O)c34)cc2)cc1. The Kier molecular flexibility index (Phi) is 9.00. The predicted octanol–water partition coefficient (Wildman–Crippen LogP) is 5.89. The largest absolute Gasteiger partial charge is 0.506 e. The van der Waals surface area contributed by atoms with Crippen molar-refractivity contribution in [1.29, 1.82) is 5.41 Å². The molecule has 0 aromatic heterocycles. The number of unbranched alkanes of at least 4 members (excludes halogenated alkanes) is 5. The summed E-state index contributed by atoms with van der Waals surface area (Å²) in [5.74, 6) is -0.170. The average molecular weight is 579 g/mol. The number of rotatable bonds is 12. The summed E-state index contributed by atoms with van der Waals surface area (Å²) in [4.78, 5) is 29.8. The number of phenols is 2. The maximum atomic E-state index is 12.7. The van der Waals surface area contributed by atoms with Gasteiger partial charge in [0.25, 0.3) is 0 Å². The van der Waals surface area contributed by atoms with E-state index in [9.17, 15) is 19.8 Å². The summed E-state index contributed by atoms with van der Waals surface area (Å²) in [7, 11) is 0. The Bertz CT molecular complexity index is 1960. The number of phenolic OH excluding ortho intramolecular Hbond substituents is 2. The highest BCUT2D eigenvalue weighted by atomic mass is 16.5. The van der Waals surface area contributed by atoms with Crippen molar-refractivity contribution < 1.29 is 14.9 Å². The number of nitrogens with one attached hydrogen (secondary N) is 3. The fourth-order valence-corrected chi connectivity index (χ4v) is 5.06. The van der Waals surface area contributed by atoms with Gasteiger partial charge in [-0.25, -0.2) is 4.99 Å². The fourth-order valence-electron chi connectivity index (χ4n) is 5.06. The second-order valence-electron chi connectivity index (χ2n) is 10.4. The van der Waals surface area contributed by atoms with Crippen LogP contribution in [0.1, 0.15) is 45.4 Å². The number of hydrazine groups is 1. The van der Waals surface area contributed by atoms with Gasteiger partial charge < -0.3 is 31.2 Å². The molecule has 220 valence electrons. The molecule has 9 nitrogen and oxygen atoms in total. The number of hydrogen-bond acceptors (Lipinski definition) is 9. The Hall–Kier alpha value is -5.18. The Morgan fingerprint density at radius 1 is 0.674 bits per heavy atom. The first kappa shape index (κ1) is 29.3. The van der Waals surface area contributed by atoms with E-state index in [1.54, 1.807) is 12.1 Å². The lowest BCUT2D eigenvalue weighted by Crippen LogP contribution is -2.15. The molecule has 0 radical (unpaired) electrons. The maximum absolute atomic E-state index is 12.7. The highest BCUT2D eigenvalue weighted by Gasteiger charge is 2.19. The smallest absolute Gasteiger partial charge is 0.190 e. The van der Waals surface area contributed by atoms with Crippen LogP contribution in [0.3, 0.4) is 0 Å². The van der Waals surface area contributed by atoms with Gasteiger partial charge in [-0.3, -0.25) is 9.59 Å². The second kappa shape index (κ2) is 13.2. The number of ether oxygens (including phenoxy) is 1. The standard InChI is InChI=1S/C34H34N4O5/c1-2-3-4-5-6-7-20-43-24-14-12-23(13-15-24)38-37-22-10-8-21(9-11-22)36-26-17-19-28(40)32-30(26)34(42)31-27(39)18-16-25(35)29(31)33(32)41/h8-19,35,37-38,41-42H,2-7,20H2,1H3. The predicted molar refractivity (Wildman–Crippen MR) is 170 cm³/mol. The van der Waals surface area contributed by atoms with Crippen LogP contribution in [0.4, 0.5) is 17.1 Å². The van der Waals surface area contributed by atoms with Gasteiger partial charge in [0.1, 0.15) is 17.2 Å². The van der Waals surface area contributed by atoms with Gasteiger partial charge in [0.2, 0.25) is 0 Å². The summed E-state index contributed by atoms with van der Waals surface area (Å²) in [6, 6.07) is 19.9. The van der Waals surface area contributed by atoms with E-state index in [-0.39, 0.29) is 32.3 Å². The molecule has 0 saturated carbocycles. The van der Waals surface area contributed by atoms with E-state index in [1.807, 2.05) is 36.4 Å². The summed E-state index contributed by atoms with van der Waals surface area (Å²) < 4.78 is 5.84. The number of fused-ring (bicyclic) bond motifs is 2. The van der Waals surface area contributed by atoms with Crippen molar-refractivity contribution in [3.8, 4) is 17.2 Å². The van der Waals surface area contributed by atoms with Crippen LogP contribution in [0.2, 0.25) is 0 Å². The van der Waals surface area contributed by atoms with E-state index < -0.39 is 22.4 Å². The van der Waals surface area contributed by atoms with Crippen LogP contribution in [-0.2, 0) is 0 Å². The Morgan fingerprint density at radius 2 is 1.23 bits per heavy atom. The number of nitrogens with zero attached hydrogens (tertiary/aromatic N) is 1. The van der Waals surface area contributed by atoms with E-state index in [4.69, 9.17) is 10.1 Å². The average Bonchev–Trinajstić information content (AvgIpc) is 3.01. The Labute approximate surface area is 248 Å². The van der Waals surface area contributed by atoms with Crippen molar-refractivity contribution in [1.82, 2.24) is 0 Å². The normalized spacial score (nSPS) is 11.7. The van der Waals surface area contributed by atoms with E-state index in [0.717, 1.165) is 29.6 Å². The highest BCUT2D eigenvalue weighted by Crippen LogP contribution is 2.35. The van der Waals surface area contributed by atoms with E-state index in [0.29, 0.717) is 12.3 Å². The number of anilines is 2. The van der Waals surface area contributed by atoms with Gasteiger partial charge in [-0.15, -0.1) is 0 Å². The topological polar surface area (TPSA) is 144 Å². The van der Waals surface area contributed by atoms with Gasteiger partial charge in [0.05, 0.1) is 55.9 Å². The molecule has 9 heteroatoms. The molecule has 0 atom stereocenters. The second-order valence-corrected chi connectivity index (χ2v) is 10.4. The lowest BCUT2D eigenvalue weighted by atomic mass is 9.99. The molecule has 0 aliphatic carbocycles. The van der Waals surface area contributed by atoms with Gasteiger partial charge in [0, 0.05) is 0 Å². The zero-order chi connectivity index (χ0) is 30.3. The van der Waals surface area contributed by atoms with Gasteiger partial charge in [-0.2, -0.15) is 0 Å². The van der Waals surface area contributed by atoms with Gasteiger partial charge >= 0.3 is 0 Å². The maximum Gasteiger partial charge on any atom is 0.190 e. The van der Waals surface area contributed by atoms with Crippen molar-refractivity contribution >= 4 is 38.6 Å². The van der Waals surface area contributed by atoms with Crippen LogP contribution in [-0.4, -0.2) is 16.8 Å². The zero-order valence-corrected chi connectivity index (χ0v) is 23.9. The molecular weight excluding hydrogens is 544 g/mol. The minimum absolute atomic E-state index is 0.0385. The van der Waals surface area contributed by atoms with E-state index >= 15 is 0 Å². The molecule has 0 saturated heterocycles. The summed E-state index contributed by atoms with van der Waals surface area (Å²) in [6.45, 7) is 2.94. The van der Waals surface area contributed by atoms with Crippen LogP contribution in [0.15, 0.2) is 87.4 Å². The molecule has 43 heavy (non-hydrogen) atoms. The van der Waals surface area contributed by atoms with Crippen molar-refractivity contribution in [3.05, 3.63) is 104 Å². The summed E-state index contributed by atoms with van der Waals surface area (Å²) >= 11 is 0. The molecule has 5 aromatic carbocycles. The quantitative estimate of drug-likeness (QED) is 0.0537. The molecule has 5 N–H and O–H groups in total. The van der Waals surface area contributed by atoms with Crippen LogP contribution in [0.5, 0.6) is 17.2 Å². The van der Waals surface area contributed by atoms with Gasteiger partial charge in [0.15, 0.2) is 10.9 Å². The minimum Gasteiger partial charge on any atom is -0.506 e. The molecule has 0 amide bonds. The molecule has 0 spiro atoms. The highest BCUT2D eigenvalue weighted by molar-refractivity contribution is 6.10. The third kappa shape index (κ3) is 6.51. The van der Waals surface area contributed by atoms with Gasteiger partial charge in [-0.05, 0) is 79.2 Å². The zero-order valence-electron chi connectivity index (χ0n) is 23.9. The lowest BCUT2D eigenvalue weighted by molar-refractivity contribution is 0.304. The molecule has 0 unspecified atom stereocenters. The van der Waals surface area contributed by atoms with Crippen LogP contribution >= 0.6 is 0 Å². The Balaban J connectivity index is 1.29. The first-order chi connectivity index (χ1) is 20.9. The fraction of sp³-hybridized carbons (Fsp3) is 0.235. The molecule has 5 aromatic rings. The van der Waals surface area contributed by atoms with Crippen molar-refractivity contribution in [3.63, 3.8) is 0 Å². The summed E-state index contributed by atoms with van der Waals surface area (Å²) in [5.41, 5.74) is 7.31. The molecule has 0 aliphatic heterocycles. The third-order valence-electron chi connectivity index (χ3n) is 7.35. The monoisotopic (exact) mass is 578 g/mol. The minimum atomic E-state index is -0.568. The number of hydrogen-bond donors (Lipinski definition) is 5. The molecule has 0 fully saturated rings. The third-order valence-corrected chi connectivity index (χ3v) is 7.35. The summed E-state index contributed by atoms with van der Waals surface area (Å²) in [6.07, 6.45) is 7.35. The first-order valence-corrected chi connectivity index (χ1v) is 14.5. The van der Waals surface area contributed by atoms with Crippen LogP contribution in [0, 0.1) is 5.41 Å². The molecular formula is C34H34N4O5. The molecule has 0 bridgehead atoms. The first-order valence-electron chi connectivity index (χ1n) is 14.5. The van der Waals surface area contributed by atoms with Crippen molar-refractivity contribution in [2.75, 3.05) is 17.5 Å². The summed E-state index contributed by atoms with van der Waals surface area (Å²) in [5, 5.41) is 29.4. The van der Waals surface area contributed by atoms with E-state index in [2.05, 4.69) is 22.8 Å². The molecule has 5 rings (SSSR count). The van der Waals surface area contributed by atoms with Crippen LogP contribution < -0.4 is 37.2 Å². The molecule has 0 aliphatic rings. The van der Waals surface area contributed by atoms with E-state index in [1.165, 1.54) is 50.3 Å². The number of benzene rings is 5. The Morgan fingerprint density at radius 3 is 1.91 bits per heavy atom. The van der Waals surface area contributed by atoms with Crippen molar-refractivity contribution in [2.24, 2.45) is 4.99 Å². The van der Waals surface area contributed by atoms with Crippen molar-refractivity contribution in [2.45, 2.75) is 45.4 Å². The number of aromatic hydroxyl groups is 2. The molecule has 0 heterocycles. The van der Waals surface area contributed by atoms with Gasteiger partial charge in [-0.1, -0.05) is 39.0 Å². The van der Waals surface area contributed by atoms with Crippen LogP contribution in [0.25, 0.3) is 21.5 Å². The lowest BCUT2D eigenvalue weighted by Gasteiger charge is -2.11.